The van der Waals surface area contributed by atoms with E-state index < -0.39 is 0 Å². The molecule has 2 heterocycles. The van der Waals surface area contributed by atoms with Crippen LogP contribution in [-0.4, -0.2) is 10.8 Å². The van der Waals surface area contributed by atoms with E-state index in [1.165, 1.54) is 11.3 Å². The Kier molecular flexibility index (Phi) is 3.17. The van der Waals surface area contributed by atoms with E-state index in [9.17, 15) is 4.79 Å². The second-order valence-corrected chi connectivity index (χ2v) is 5.34. The highest BCUT2D eigenvalue weighted by Gasteiger charge is 2.14. The highest BCUT2D eigenvalue weighted by molar-refractivity contribution is 7.20. The molecule has 0 fully saturated rings. The number of nitrogens with zero attached hydrogens (tertiary/aromatic N) is 1. The van der Waals surface area contributed by atoms with Crippen LogP contribution in [0.25, 0.3) is 10.2 Å². The van der Waals surface area contributed by atoms with E-state index in [0.717, 1.165) is 22.4 Å². The summed E-state index contributed by atoms with van der Waals surface area (Å²) in [5.74, 6) is 1.63. The largest absolute Gasteiger partial charge is 0.466 e. The average Bonchev–Trinajstić information content (AvgIpc) is 3.04. The summed E-state index contributed by atoms with van der Waals surface area (Å²) in [6.45, 7) is 2.03. The Morgan fingerprint density at radius 1 is 1.21 bits per heavy atom. The molecule has 0 bridgehead atoms. The van der Waals surface area contributed by atoms with E-state index >= 15 is 0 Å². The van der Waals surface area contributed by atoms with Crippen molar-refractivity contribution in [3.63, 3.8) is 0 Å². The van der Waals surface area contributed by atoms with Crippen LogP contribution in [0, 0.1) is 0 Å². The molecular formula is C15H13NO2S. The molecule has 0 spiro atoms. The number of ketones is 1. The van der Waals surface area contributed by atoms with Gasteiger partial charge in [-0.05, 0) is 24.3 Å². The fourth-order valence-corrected chi connectivity index (χ4v) is 2.84. The Balaban J connectivity index is 1.83. The van der Waals surface area contributed by atoms with Crippen molar-refractivity contribution < 1.29 is 9.21 Å². The summed E-state index contributed by atoms with van der Waals surface area (Å²) in [6.07, 6.45) is 1.12. The number of carbonyl (C=O) groups excluding carboxylic acids is 1. The summed E-state index contributed by atoms with van der Waals surface area (Å²) in [7, 11) is 0. The molecule has 0 saturated heterocycles. The quantitative estimate of drug-likeness (QED) is 0.676. The molecule has 0 radical (unpaired) electrons. The number of Topliss-reactive ketones (excluding diaryl/α,β-unsaturated/α-hetero) is 1. The van der Waals surface area contributed by atoms with Crippen LogP contribution in [0.2, 0.25) is 0 Å². The summed E-state index contributed by atoms with van der Waals surface area (Å²) in [4.78, 5) is 16.5. The fourth-order valence-electron chi connectivity index (χ4n) is 1.93. The third-order valence-corrected chi connectivity index (χ3v) is 4.01. The summed E-state index contributed by atoms with van der Waals surface area (Å²) in [5, 5.41) is 0.552. The molecule has 3 rings (SSSR count). The summed E-state index contributed by atoms with van der Waals surface area (Å²) >= 11 is 1.43. The number of para-hydroxylation sites is 1. The first-order valence-corrected chi connectivity index (χ1v) is 7.04. The highest BCUT2D eigenvalue weighted by Crippen LogP contribution is 2.23. The molecule has 4 heteroatoms. The van der Waals surface area contributed by atoms with Crippen molar-refractivity contribution in [1.82, 2.24) is 4.98 Å². The van der Waals surface area contributed by atoms with Crippen molar-refractivity contribution in [2.24, 2.45) is 0 Å². The lowest BCUT2D eigenvalue weighted by Crippen LogP contribution is -2.01. The van der Waals surface area contributed by atoms with E-state index in [2.05, 4.69) is 4.98 Å². The summed E-state index contributed by atoms with van der Waals surface area (Å²) in [6, 6.07) is 11.6. The van der Waals surface area contributed by atoms with Crippen molar-refractivity contribution in [2.75, 3.05) is 0 Å². The zero-order valence-electron chi connectivity index (χ0n) is 10.6. The number of aromatic nitrogens is 1. The normalized spacial score (nSPS) is 11.0. The second kappa shape index (κ2) is 4.97. The Labute approximate surface area is 114 Å². The molecule has 0 aliphatic heterocycles. The van der Waals surface area contributed by atoms with E-state index in [-0.39, 0.29) is 12.2 Å². The SMILES string of the molecule is CCc1ccc(CC(=O)c2nc3ccccc3s2)o1. The van der Waals surface area contributed by atoms with Gasteiger partial charge < -0.3 is 4.42 Å². The number of thiazole rings is 1. The third-order valence-electron chi connectivity index (χ3n) is 2.93. The van der Waals surface area contributed by atoms with Gasteiger partial charge in [-0.2, -0.15) is 0 Å². The van der Waals surface area contributed by atoms with Crippen molar-refractivity contribution >= 4 is 27.3 Å². The van der Waals surface area contributed by atoms with Gasteiger partial charge in [0.25, 0.3) is 0 Å². The minimum Gasteiger partial charge on any atom is -0.466 e. The molecule has 1 aromatic carbocycles. The van der Waals surface area contributed by atoms with E-state index in [1.807, 2.05) is 43.3 Å². The molecule has 0 atom stereocenters. The molecule has 3 aromatic rings. The summed E-state index contributed by atoms with van der Waals surface area (Å²) in [5.41, 5.74) is 0.879. The van der Waals surface area contributed by atoms with E-state index in [4.69, 9.17) is 4.42 Å². The van der Waals surface area contributed by atoms with E-state index in [0.29, 0.717) is 10.8 Å². The number of hydrogen-bond donors (Lipinski definition) is 0. The maximum absolute atomic E-state index is 12.2. The number of hydrogen-bond acceptors (Lipinski definition) is 4. The van der Waals surface area contributed by atoms with Crippen molar-refractivity contribution in [2.45, 2.75) is 19.8 Å². The standard InChI is InChI=1S/C15H13NO2S/c1-2-10-7-8-11(18-10)9-13(17)15-16-12-5-3-4-6-14(12)19-15/h3-8H,2,9H2,1H3. The van der Waals surface area contributed by atoms with Crippen molar-refractivity contribution in [1.29, 1.82) is 0 Å². The number of rotatable bonds is 4. The van der Waals surface area contributed by atoms with Gasteiger partial charge in [0.05, 0.1) is 16.6 Å². The Morgan fingerprint density at radius 2 is 2.00 bits per heavy atom. The van der Waals surface area contributed by atoms with Crippen LogP contribution in [0.15, 0.2) is 40.8 Å². The van der Waals surface area contributed by atoms with Gasteiger partial charge in [0.2, 0.25) is 0 Å². The van der Waals surface area contributed by atoms with Gasteiger partial charge in [-0.15, -0.1) is 11.3 Å². The predicted molar refractivity (Wildman–Crippen MR) is 75.7 cm³/mol. The topological polar surface area (TPSA) is 43.1 Å². The van der Waals surface area contributed by atoms with Crippen LogP contribution < -0.4 is 0 Å². The first-order valence-electron chi connectivity index (χ1n) is 6.22. The second-order valence-electron chi connectivity index (χ2n) is 4.31. The molecule has 0 saturated carbocycles. The molecule has 96 valence electrons. The van der Waals surface area contributed by atoms with Gasteiger partial charge in [0.15, 0.2) is 10.8 Å². The van der Waals surface area contributed by atoms with Crippen LogP contribution in [0.5, 0.6) is 0 Å². The minimum atomic E-state index is 0.0122. The molecule has 3 nitrogen and oxygen atoms in total. The van der Waals surface area contributed by atoms with Gasteiger partial charge >= 0.3 is 0 Å². The molecular weight excluding hydrogens is 258 g/mol. The Bertz CT molecular complexity index is 693. The maximum Gasteiger partial charge on any atom is 0.198 e. The predicted octanol–water partition coefficient (Wildman–Crippen LogP) is 3.88. The van der Waals surface area contributed by atoms with Crippen molar-refractivity contribution in [3.8, 4) is 0 Å². The van der Waals surface area contributed by atoms with Crippen LogP contribution >= 0.6 is 11.3 Å². The molecule has 0 aliphatic rings. The van der Waals surface area contributed by atoms with Crippen LogP contribution in [0.4, 0.5) is 0 Å². The zero-order valence-corrected chi connectivity index (χ0v) is 11.4. The molecule has 0 amide bonds. The highest BCUT2D eigenvalue weighted by atomic mass is 32.1. The molecule has 2 aromatic heterocycles. The lowest BCUT2D eigenvalue weighted by atomic mass is 10.2. The van der Waals surface area contributed by atoms with Gasteiger partial charge in [0.1, 0.15) is 11.5 Å². The maximum atomic E-state index is 12.2. The zero-order chi connectivity index (χ0) is 13.2. The van der Waals surface area contributed by atoms with Gasteiger partial charge in [-0.3, -0.25) is 4.79 Å². The van der Waals surface area contributed by atoms with Crippen LogP contribution in [0.3, 0.4) is 0 Å². The number of furan rings is 1. The number of fused-ring (bicyclic) bond motifs is 1. The first-order chi connectivity index (χ1) is 9.26. The minimum absolute atomic E-state index is 0.0122. The third kappa shape index (κ3) is 2.44. The van der Waals surface area contributed by atoms with Crippen LogP contribution in [0.1, 0.15) is 28.2 Å². The smallest absolute Gasteiger partial charge is 0.198 e. The molecule has 0 aliphatic carbocycles. The lowest BCUT2D eigenvalue weighted by Gasteiger charge is -1.93. The summed E-state index contributed by atoms with van der Waals surface area (Å²) < 4.78 is 6.60. The van der Waals surface area contributed by atoms with Gasteiger partial charge in [-0.25, -0.2) is 4.98 Å². The molecule has 0 N–H and O–H groups in total. The Hall–Kier alpha value is -1.94. The first kappa shape index (κ1) is 12.1. The average molecular weight is 271 g/mol. The lowest BCUT2D eigenvalue weighted by molar-refractivity contribution is 0.0986. The molecule has 19 heavy (non-hydrogen) atoms. The Morgan fingerprint density at radius 3 is 2.74 bits per heavy atom. The fraction of sp³-hybridized carbons (Fsp3) is 0.200. The van der Waals surface area contributed by atoms with Gasteiger partial charge in [0, 0.05) is 6.42 Å². The van der Waals surface area contributed by atoms with Crippen molar-refractivity contribution in [3.05, 3.63) is 52.9 Å². The van der Waals surface area contributed by atoms with E-state index in [1.54, 1.807) is 0 Å². The number of benzene rings is 1. The molecule has 0 unspecified atom stereocenters. The van der Waals surface area contributed by atoms with Crippen LogP contribution in [-0.2, 0) is 12.8 Å². The van der Waals surface area contributed by atoms with Gasteiger partial charge in [-0.1, -0.05) is 19.1 Å². The monoisotopic (exact) mass is 271 g/mol. The number of carbonyl (C=O) groups is 1. The number of aryl methyl sites for hydroxylation is 1.